The number of nitrogens with one attached hydrogen (secondary N) is 2. The van der Waals surface area contributed by atoms with Gasteiger partial charge in [-0.2, -0.15) is 0 Å². The van der Waals surface area contributed by atoms with E-state index in [0.717, 1.165) is 19.6 Å². The minimum absolute atomic E-state index is 0.0871. The maximum absolute atomic E-state index is 11.9. The first-order valence-corrected chi connectivity index (χ1v) is 6.73. The number of hydrogen-bond donors (Lipinski definition) is 3. The molecule has 0 unspecified atom stereocenters. The molecule has 1 aromatic heterocycles. The molecule has 0 saturated carbocycles. The van der Waals surface area contributed by atoms with Crippen molar-refractivity contribution in [3.63, 3.8) is 0 Å². The van der Waals surface area contributed by atoms with E-state index < -0.39 is 0 Å². The average Bonchev–Trinajstić information content (AvgIpc) is 2.48. The normalized spacial score (nSPS) is 16.1. The predicted octanol–water partition coefficient (Wildman–Crippen LogP) is 0.583. The summed E-state index contributed by atoms with van der Waals surface area (Å²) in [5.41, 5.74) is 3.00. The third kappa shape index (κ3) is 4.18. The summed E-state index contributed by atoms with van der Waals surface area (Å²) in [5.74, 6) is 5.67. The minimum atomic E-state index is -0.0871. The standard InChI is InChI=1S/C13H21N5O/c14-17-12-10-11(4-5-15-12)13(19)16-6-9-18-7-2-1-3-8-18/h4-5,10H,1-3,6-9,14H2,(H,15,17)(H,16,19). The Morgan fingerprint density at radius 3 is 2.89 bits per heavy atom. The first-order valence-electron chi connectivity index (χ1n) is 6.73. The van der Waals surface area contributed by atoms with Gasteiger partial charge in [-0.15, -0.1) is 0 Å². The van der Waals surface area contributed by atoms with Crippen molar-refractivity contribution in [2.75, 3.05) is 31.6 Å². The maximum atomic E-state index is 11.9. The summed E-state index contributed by atoms with van der Waals surface area (Å²) in [6.07, 6.45) is 5.43. The van der Waals surface area contributed by atoms with Gasteiger partial charge >= 0.3 is 0 Å². The van der Waals surface area contributed by atoms with Crippen molar-refractivity contribution >= 4 is 11.7 Å². The van der Waals surface area contributed by atoms with Crippen molar-refractivity contribution in [2.45, 2.75) is 19.3 Å². The van der Waals surface area contributed by atoms with Crippen LogP contribution < -0.4 is 16.6 Å². The Balaban J connectivity index is 1.77. The van der Waals surface area contributed by atoms with E-state index in [9.17, 15) is 4.79 Å². The molecule has 1 aliphatic heterocycles. The van der Waals surface area contributed by atoms with Gasteiger partial charge in [-0.3, -0.25) is 4.79 Å². The minimum Gasteiger partial charge on any atom is -0.351 e. The summed E-state index contributed by atoms with van der Waals surface area (Å²) in [4.78, 5) is 18.3. The van der Waals surface area contributed by atoms with Crippen LogP contribution in [0.2, 0.25) is 0 Å². The molecule has 0 spiro atoms. The van der Waals surface area contributed by atoms with Gasteiger partial charge in [0.2, 0.25) is 0 Å². The molecular formula is C13H21N5O. The molecule has 2 heterocycles. The van der Waals surface area contributed by atoms with E-state index >= 15 is 0 Å². The first kappa shape index (κ1) is 13.8. The lowest BCUT2D eigenvalue weighted by molar-refractivity contribution is 0.0946. The molecule has 6 nitrogen and oxygen atoms in total. The predicted molar refractivity (Wildman–Crippen MR) is 74.7 cm³/mol. The summed E-state index contributed by atoms with van der Waals surface area (Å²) in [7, 11) is 0. The van der Waals surface area contributed by atoms with E-state index in [4.69, 9.17) is 5.84 Å². The van der Waals surface area contributed by atoms with Crippen molar-refractivity contribution in [3.8, 4) is 0 Å². The number of amides is 1. The average molecular weight is 263 g/mol. The van der Waals surface area contributed by atoms with Crippen molar-refractivity contribution in [2.24, 2.45) is 5.84 Å². The van der Waals surface area contributed by atoms with E-state index in [1.807, 2.05) is 0 Å². The molecule has 1 saturated heterocycles. The fourth-order valence-corrected chi connectivity index (χ4v) is 2.26. The lowest BCUT2D eigenvalue weighted by Crippen LogP contribution is -2.37. The molecule has 0 atom stereocenters. The third-order valence-electron chi connectivity index (χ3n) is 3.33. The maximum Gasteiger partial charge on any atom is 0.251 e. The number of nitrogen functional groups attached to an aromatic ring is 1. The molecule has 0 radical (unpaired) electrons. The van der Waals surface area contributed by atoms with Gasteiger partial charge in [0, 0.05) is 24.8 Å². The summed E-state index contributed by atoms with van der Waals surface area (Å²) >= 11 is 0. The van der Waals surface area contributed by atoms with Gasteiger partial charge in [0.1, 0.15) is 5.82 Å². The highest BCUT2D eigenvalue weighted by Crippen LogP contribution is 2.08. The molecule has 1 aromatic rings. The number of nitrogens with zero attached hydrogens (tertiary/aromatic N) is 2. The number of pyridine rings is 1. The van der Waals surface area contributed by atoms with Crippen LogP contribution in [0.1, 0.15) is 29.6 Å². The number of anilines is 1. The van der Waals surface area contributed by atoms with Crippen LogP contribution in [0.15, 0.2) is 18.3 Å². The topological polar surface area (TPSA) is 83.3 Å². The number of carbonyl (C=O) groups excluding carboxylic acids is 1. The van der Waals surface area contributed by atoms with E-state index in [-0.39, 0.29) is 5.91 Å². The Morgan fingerprint density at radius 2 is 2.16 bits per heavy atom. The highest BCUT2D eigenvalue weighted by molar-refractivity contribution is 5.94. The van der Waals surface area contributed by atoms with Crippen LogP contribution >= 0.6 is 0 Å². The number of nitrogens with two attached hydrogens (primary N) is 1. The van der Waals surface area contributed by atoms with Crippen LogP contribution in [-0.4, -0.2) is 42.0 Å². The molecule has 6 heteroatoms. The zero-order chi connectivity index (χ0) is 13.5. The highest BCUT2D eigenvalue weighted by atomic mass is 16.1. The van der Waals surface area contributed by atoms with E-state index in [1.165, 1.54) is 19.3 Å². The molecule has 0 bridgehead atoms. The van der Waals surface area contributed by atoms with Crippen LogP contribution in [-0.2, 0) is 0 Å². The summed E-state index contributed by atoms with van der Waals surface area (Å²) in [6.45, 7) is 3.88. The van der Waals surface area contributed by atoms with Crippen molar-refractivity contribution in [3.05, 3.63) is 23.9 Å². The second-order valence-electron chi connectivity index (χ2n) is 4.73. The number of piperidine rings is 1. The number of hydrogen-bond acceptors (Lipinski definition) is 5. The van der Waals surface area contributed by atoms with Gasteiger partial charge in [0.25, 0.3) is 5.91 Å². The summed E-state index contributed by atoms with van der Waals surface area (Å²) in [5, 5.41) is 2.92. The van der Waals surface area contributed by atoms with Crippen molar-refractivity contribution < 1.29 is 4.79 Å². The lowest BCUT2D eigenvalue weighted by Gasteiger charge is -2.26. The van der Waals surface area contributed by atoms with Gasteiger partial charge in [0.15, 0.2) is 0 Å². The Bertz CT molecular complexity index is 417. The Kier molecular flexibility index (Phi) is 5.11. The smallest absolute Gasteiger partial charge is 0.251 e. The quantitative estimate of drug-likeness (QED) is 0.535. The Hall–Kier alpha value is -1.66. The number of likely N-dealkylation sites (tertiary alicyclic amines) is 1. The van der Waals surface area contributed by atoms with Gasteiger partial charge in [-0.1, -0.05) is 6.42 Å². The Labute approximate surface area is 113 Å². The Morgan fingerprint density at radius 1 is 1.37 bits per heavy atom. The van der Waals surface area contributed by atoms with Gasteiger partial charge in [-0.05, 0) is 38.1 Å². The molecule has 2 rings (SSSR count). The van der Waals surface area contributed by atoms with Crippen LogP contribution in [0.25, 0.3) is 0 Å². The second-order valence-corrected chi connectivity index (χ2v) is 4.73. The van der Waals surface area contributed by atoms with Crippen LogP contribution in [0.3, 0.4) is 0 Å². The van der Waals surface area contributed by atoms with Crippen LogP contribution in [0.5, 0.6) is 0 Å². The molecule has 104 valence electrons. The molecule has 4 N–H and O–H groups in total. The van der Waals surface area contributed by atoms with Crippen LogP contribution in [0.4, 0.5) is 5.82 Å². The van der Waals surface area contributed by atoms with Crippen LogP contribution in [0, 0.1) is 0 Å². The second kappa shape index (κ2) is 7.06. The largest absolute Gasteiger partial charge is 0.351 e. The zero-order valence-corrected chi connectivity index (χ0v) is 11.1. The molecule has 19 heavy (non-hydrogen) atoms. The fraction of sp³-hybridized carbons (Fsp3) is 0.538. The third-order valence-corrected chi connectivity index (χ3v) is 3.33. The molecule has 0 aliphatic carbocycles. The number of aromatic nitrogens is 1. The molecule has 1 fully saturated rings. The molecule has 0 aromatic carbocycles. The monoisotopic (exact) mass is 263 g/mol. The fourth-order valence-electron chi connectivity index (χ4n) is 2.26. The zero-order valence-electron chi connectivity index (χ0n) is 11.1. The summed E-state index contributed by atoms with van der Waals surface area (Å²) in [6, 6.07) is 3.31. The van der Waals surface area contributed by atoms with E-state index in [2.05, 4.69) is 20.6 Å². The highest BCUT2D eigenvalue weighted by Gasteiger charge is 2.10. The van der Waals surface area contributed by atoms with E-state index in [0.29, 0.717) is 17.9 Å². The van der Waals surface area contributed by atoms with Gasteiger partial charge in [0.05, 0.1) is 0 Å². The SMILES string of the molecule is NNc1cc(C(=O)NCCN2CCCCC2)ccn1. The van der Waals surface area contributed by atoms with Crippen molar-refractivity contribution in [1.82, 2.24) is 15.2 Å². The van der Waals surface area contributed by atoms with Gasteiger partial charge in [-0.25, -0.2) is 10.8 Å². The van der Waals surface area contributed by atoms with Crippen molar-refractivity contribution in [1.29, 1.82) is 0 Å². The number of carbonyl (C=O) groups is 1. The number of rotatable bonds is 5. The van der Waals surface area contributed by atoms with E-state index in [1.54, 1.807) is 18.3 Å². The first-order chi connectivity index (χ1) is 9.29. The molecular weight excluding hydrogens is 242 g/mol. The molecule has 1 aliphatic rings. The lowest BCUT2D eigenvalue weighted by atomic mass is 10.1. The van der Waals surface area contributed by atoms with Gasteiger partial charge < -0.3 is 15.6 Å². The number of hydrazine groups is 1. The summed E-state index contributed by atoms with van der Waals surface area (Å²) < 4.78 is 0. The molecule has 1 amide bonds.